The van der Waals surface area contributed by atoms with Crippen LogP contribution in [0.25, 0.3) is 0 Å². The zero-order valence-electron chi connectivity index (χ0n) is 10.2. The van der Waals surface area contributed by atoms with Gasteiger partial charge in [0.05, 0.1) is 17.7 Å². The molecular weight excluding hydrogens is 261 g/mol. The number of hydrogen-bond acceptors (Lipinski definition) is 3. The molecule has 1 unspecified atom stereocenters. The normalized spacial score (nSPS) is 22.5. The third-order valence-electron chi connectivity index (χ3n) is 3.06. The van der Waals surface area contributed by atoms with Crippen molar-refractivity contribution in [1.82, 2.24) is 10.6 Å². The van der Waals surface area contributed by atoms with E-state index in [4.69, 9.17) is 4.74 Å². The Morgan fingerprint density at radius 2 is 2.05 bits per heavy atom. The van der Waals surface area contributed by atoms with E-state index < -0.39 is 28.9 Å². The molecule has 1 aliphatic rings. The van der Waals surface area contributed by atoms with E-state index >= 15 is 0 Å². The Hall–Kier alpha value is -1.60. The van der Waals surface area contributed by atoms with Gasteiger partial charge in [0.1, 0.15) is 0 Å². The lowest BCUT2D eigenvalue weighted by Gasteiger charge is -2.18. The van der Waals surface area contributed by atoms with E-state index in [9.17, 15) is 18.0 Å². The van der Waals surface area contributed by atoms with E-state index in [-0.39, 0.29) is 12.1 Å². The zero-order valence-corrected chi connectivity index (χ0v) is 10.2. The molecule has 2 rings (SSSR count). The van der Waals surface area contributed by atoms with Crippen LogP contribution < -0.4 is 10.6 Å². The van der Waals surface area contributed by atoms with E-state index in [1.165, 1.54) is 7.11 Å². The molecular formula is C12H13F3N2O2. The summed E-state index contributed by atoms with van der Waals surface area (Å²) in [7, 11) is 1.50. The summed E-state index contributed by atoms with van der Waals surface area (Å²) < 4.78 is 44.4. The average Bonchev–Trinajstić information content (AvgIpc) is 2.83. The second kappa shape index (κ2) is 5.58. The summed E-state index contributed by atoms with van der Waals surface area (Å²) >= 11 is 0. The predicted molar refractivity (Wildman–Crippen MR) is 61.2 cm³/mol. The number of rotatable bonds is 3. The highest BCUT2D eigenvalue weighted by molar-refractivity contribution is 5.94. The van der Waals surface area contributed by atoms with Crippen molar-refractivity contribution in [2.45, 2.75) is 12.1 Å². The average molecular weight is 274 g/mol. The monoisotopic (exact) mass is 274 g/mol. The lowest BCUT2D eigenvalue weighted by molar-refractivity contribution is 0.0776. The largest absolute Gasteiger partial charge is 0.378 e. The van der Waals surface area contributed by atoms with E-state index in [1.807, 2.05) is 0 Å². The third kappa shape index (κ3) is 2.71. The van der Waals surface area contributed by atoms with Crippen LogP contribution in [0.2, 0.25) is 0 Å². The number of hydrogen-bond donors (Lipinski definition) is 2. The number of halogens is 3. The van der Waals surface area contributed by atoms with Crippen molar-refractivity contribution in [3.63, 3.8) is 0 Å². The minimum absolute atomic E-state index is 0.239. The summed E-state index contributed by atoms with van der Waals surface area (Å²) in [5, 5.41) is 5.53. The molecule has 1 saturated heterocycles. The van der Waals surface area contributed by atoms with Crippen LogP contribution in [0.1, 0.15) is 10.4 Å². The first-order chi connectivity index (χ1) is 9.04. The van der Waals surface area contributed by atoms with Gasteiger partial charge >= 0.3 is 0 Å². The van der Waals surface area contributed by atoms with E-state index in [0.29, 0.717) is 19.2 Å². The minimum atomic E-state index is -1.65. The summed E-state index contributed by atoms with van der Waals surface area (Å²) in [6.45, 7) is 1.03. The number of methoxy groups -OCH3 is 1. The van der Waals surface area contributed by atoms with Crippen LogP contribution in [-0.2, 0) is 4.74 Å². The van der Waals surface area contributed by atoms with E-state index in [2.05, 4.69) is 10.6 Å². The molecule has 1 aromatic carbocycles. The van der Waals surface area contributed by atoms with Crippen LogP contribution >= 0.6 is 0 Å². The van der Waals surface area contributed by atoms with Gasteiger partial charge in [0.25, 0.3) is 5.91 Å². The molecule has 0 aliphatic carbocycles. The van der Waals surface area contributed by atoms with Crippen molar-refractivity contribution >= 4 is 5.91 Å². The summed E-state index contributed by atoms with van der Waals surface area (Å²) in [5.74, 6) is -5.27. The number of carbonyl (C=O) groups excluding carboxylic acids is 1. The Kier molecular flexibility index (Phi) is 4.06. The number of ether oxygens (including phenoxy) is 1. The van der Waals surface area contributed by atoms with Gasteiger partial charge in [-0.1, -0.05) is 0 Å². The highest BCUT2D eigenvalue weighted by Gasteiger charge is 2.29. The van der Waals surface area contributed by atoms with Crippen molar-refractivity contribution in [2.24, 2.45) is 0 Å². The smallest absolute Gasteiger partial charge is 0.254 e. The molecule has 0 aromatic heterocycles. The van der Waals surface area contributed by atoms with Crippen LogP contribution in [0.4, 0.5) is 13.2 Å². The van der Waals surface area contributed by atoms with Crippen LogP contribution in [-0.4, -0.2) is 38.3 Å². The number of benzene rings is 1. The molecule has 4 nitrogen and oxygen atoms in total. The highest BCUT2D eigenvalue weighted by Crippen LogP contribution is 2.15. The number of amides is 1. The van der Waals surface area contributed by atoms with Crippen LogP contribution in [0, 0.1) is 17.5 Å². The fourth-order valence-electron chi connectivity index (χ4n) is 1.99. The number of nitrogens with one attached hydrogen (secondary N) is 2. The molecule has 1 aliphatic heterocycles. The van der Waals surface area contributed by atoms with Gasteiger partial charge in [-0.15, -0.1) is 0 Å². The summed E-state index contributed by atoms with van der Waals surface area (Å²) in [4.78, 5) is 11.8. The standard InChI is InChI=1S/C12H13F3N2O2/c1-19-9-5-16-4-8(9)17-12(18)6-2-3-7(13)11(15)10(6)14/h2-3,8-9,16H,4-5H2,1H3,(H,17,18)/t8?,9-/m0/s1. The molecule has 19 heavy (non-hydrogen) atoms. The van der Waals surface area contributed by atoms with Gasteiger partial charge in [-0.05, 0) is 12.1 Å². The topological polar surface area (TPSA) is 50.4 Å². The van der Waals surface area contributed by atoms with Crippen LogP contribution in [0.15, 0.2) is 12.1 Å². The van der Waals surface area contributed by atoms with Crippen molar-refractivity contribution in [3.05, 3.63) is 35.1 Å². The first-order valence-corrected chi connectivity index (χ1v) is 5.72. The van der Waals surface area contributed by atoms with Crippen LogP contribution in [0.3, 0.4) is 0 Å². The molecule has 7 heteroatoms. The fraction of sp³-hybridized carbons (Fsp3) is 0.417. The van der Waals surface area contributed by atoms with Crippen LogP contribution in [0.5, 0.6) is 0 Å². The van der Waals surface area contributed by atoms with Gasteiger partial charge in [-0.3, -0.25) is 4.79 Å². The Balaban J connectivity index is 2.14. The lowest BCUT2D eigenvalue weighted by atomic mass is 10.1. The third-order valence-corrected chi connectivity index (χ3v) is 3.06. The van der Waals surface area contributed by atoms with Gasteiger partial charge in [-0.25, -0.2) is 13.2 Å². The molecule has 2 N–H and O–H groups in total. The molecule has 0 spiro atoms. The Morgan fingerprint density at radius 3 is 2.74 bits per heavy atom. The first-order valence-electron chi connectivity index (χ1n) is 5.72. The SMILES string of the molecule is CO[C@H]1CNCC1NC(=O)c1ccc(F)c(F)c1F. The molecule has 0 saturated carbocycles. The van der Waals surface area contributed by atoms with Crippen molar-refractivity contribution in [1.29, 1.82) is 0 Å². The van der Waals surface area contributed by atoms with Gasteiger partial charge < -0.3 is 15.4 Å². The molecule has 1 amide bonds. The van der Waals surface area contributed by atoms with Gasteiger partial charge in [0, 0.05) is 20.2 Å². The Morgan fingerprint density at radius 1 is 1.32 bits per heavy atom. The second-order valence-corrected chi connectivity index (χ2v) is 4.24. The molecule has 1 heterocycles. The molecule has 0 bridgehead atoms. The van der Waals surface area contributed by atoms with Crippen molar-refractivity contribution in [2.75, 3.05) is 20.2 Å². The fourth-order valence-corrected chi connectivity index (χ4v) is 1.99. The summed E-state index contributed by atoms with van der Waals surface area (Å²) in [5.41, 5.74) is -0.527. The quantitative estimate of drug-likeness (QED) is 0.802. The van der Waals surface area contributed by atoms with Gasteiger partial charge in [-0.2, -0.15) is 0 Å². The van der Waals surface area contributed by atoms with Crippen molar-refractivity contribution < 1.29 is 22.7 Å². The maximum Gasteiger partial charge on any atom is 0.254 e. The van der Waals surface area contributed by atoms with Gasteiger partial charge in [0.15, 0.2) is 17.5 Å². The molecule has 0 radical (unpaired) electrons. The first kappa shape index (κ1) is 13.8. The zero-order chi connectivity index (χ0) is 14.0. The maximum atomic E-state index is 13.4. The molecule has 104 valence electrons. The predicted octanol–water partition coefficient (Wildman–Crippen LogP) is 0.821. The van der Waals surface area contributed by atoms with Gasteiger partial charge in [0.2, 0.25) is 0 Å². The molecule has 1 fully saturated rings. The lowest BCUT2D eigenvalue weighted by Crippen LogP contribution is -2.43. The van der Waals surface area contributed by atoms with Crippen molar-refractivity contribution in [3.8, 4) is 0 Å². The van der Waals surface area contributed by atoms with E-state index in [1.54, 1.807) is 0 Å². The highest BCUT2D eigenvalue weighted by atomic mass is 19.2. The second-order valence-electron chi connectivity index (χ2n) is 4.24. The summed E-state index contributed by atoms with van der Waals surface area (Å²) in [6, 6.07) is 1.28. The van der Waals surface area contributed by atoms with E-state index in [0.717, 1.165) is 6.07 Å². The minimum Gasteiger partial charge on any atom is -0.378 e. The maximum absolute atomic E-state index is 13.4. The Bertz CT molecular complexity index is 496. The number of carbonyl (C=O) groups is 1. The Labute approximate surface area is 107 Å². The molecule has 2 atom stereocenters. The molecule has 1 aromatic rings. The summed E-state index contributed by atoms with van der Waals surface area (Å²) in [6.07, 6.45) is -0.239.